The zero-order valence-corrected chi connectivity index (χ0v) is 30.7. The molecular formula is C46H34F4O2P2. The summed E-state index contributed by atoms with van der Waals surface area (Å²) in [4.78, 5) is 0. The van der Waals surface area contributed by atoms with E-state index < -0.39 is 37.6 Å². The smallest absolute Gasteiger partial charge is 0.147 e. The molecule has 0 heterocycles. The summed E-state index contributed by atoms with van der Waals surface area (Å²) in [5, 5.41) is 5.82. The van der Waals surface area contributed by atoms with E-state index in [9.17, 15) is 26.7 Å². The van der Waals surface area contributed by atoms with Gasteiger partial charge in [0.05, 0.1) is 0 Å². The van der Waals surface area contributed by atoms with Gasteiger partial charge in [0, 0.05) is 33.5 Å². The van der Waals surface area contributed by atoms with Gasteiger partial charge in [-0.15, -0.1) is 0 Å². The van der Waals surface area contributed by atoms with Crippen LogP contribution in [0, 0.1) is 23.3 Å². The molecular weight excluding hydrogens is 722 g/mol. The van der Waals surface area contributed by atoms with Gasteiger partial charge in [-0.2, -0.15) is 0 Å². The van der Waals surface area contributed by atoms with Crippen molar-refractivity contribution in [2.24, 2.45) is 0 Å². The minimum atomic E-state index is -3.26. The predicted molar refractivity (Wildman–Crippen MR) is 215 cm³/mol. The lowest BCUT2D eigenvalue weighted by Gasteiger charge is -2.20. The summed E-state index contributed by atoms with van der Waals surface area (Å²) in [5.74, 6) is -1.82. The molecule has 0 fully saturated rings. The molecule has 0 radical (unpaired) electrons. The van der Waals surface area contributed by atoms with E-state index in [2.05, 4.69) is 0 Å². The topological polar surface area (TPSA) is 34.1 Å². The normalized spacial score (nSPS) is 11.6. The Labute approximate surface area is 311 Å². The van der Waals surface area contributed by atoms with Crippen LogP contribution in [0.5, 0.6) is 0 Å². The van der Waals surface area contributed by atoms with Crippen molar-refractivity contribution in [3.63, 3.8) is 0 Å². The second-order valence-corrected chi connectivity index (χ2v) is 18.7. The highest BCUT2D eigenvalue weighted by molar-refractivity contribution is 7.78. The van der Waals surface area contributed by atoms with E-state index in [4.69, 9.17) is 0 Å². The first kappa shape index (κ1) is 36.8. The molecule has 0 aliphatic heterocycles. The molecule has 0 aliphatic rings. The van der Waals surface area contributed by atoms with Gasteiger partial charge in [0.1, 0.15) is 37.6 Å². The first-order valence-electron chi connectivity index (χ1n) is 17.3. The Hall–Kier alpha value is -5.54. The van der Waals surface area contributed by atoms with E-state index in [0.717, 1.165) is 32.7 Å². The highest BCUT2D eigenvalue weighted by atomic mass is 31.2. The molecule has 8 aromatic rings. The van der Waals surface area contributed by atoms with Crippen LogP contribution in [-0.4, -0.2) is 0 Å². The van der Waals surface area contributed by atoms with Gasteiger partial charge in [-0.25, -0.2) is 17.6 Å². The molecule has 268 valence electrons. The van der Waals surface area contributed by atoms with Crippen LogP contribution in [0.1, 0.15) is 11.1 Å². The third-order valence-electron chi connectivity index (χ3n) is 9.34. The van der Waals surface area contributed by atoms with Crippen LogP contribution in [0.25, 0.3) is 21.5 Å². The van der Waals surface area contributed by atoms with Crippen molar-refractivity contribution in [3.8, 4) is 0 Å². The third-order valence-corrected chi connectivity index (χ3v) is 15.4. The van der Waals surface area contributed by atoms with Crippen molar-refractivity contribution in [2.45, 2.75) is 12.3 Å². The van der Waals surface area contributed by atoms with Crippen LogP contribution in [0.3, 0.4) is 0 Å². The molecule has 8 aromatic carbocycles. The largest absolute Gasteiger partial charge is 0.313 e. The molecule has 8 heteroatoms. The number of benzene rings is 8. The molecule has 0 saturated carbocycles. The molecule has 0 saturated heterocycles. The monoisotopic (exact) mass is 756 g/mol. The summed E-state index contributed by atoms with van der Waals surface area (Å²) < 4.78 is 83.6. The van der Waals surface area contributed by atoms with Gasteiger partial charge < -0.3 is 9.13 Å². The summed E-state index contributed by atoms with van der Waals surface area (Å²) >= 11 is 0. The minimum Gasteiger partial charge on any atom is -0.313 e. The molecule has 0 amide bonds. The van der Waals surface area contributed by atoms with Crippen LogP contribution < -0.4 is 21.2 Å². The summed E-state index contributed by atoms with van der Waals surface area (Å²) in [7, 11) is -6.52. The van der Waals surface area contributed by atoms with Gasteiger partial charge in [-0.1, -0.05) is 133 Å². The number of hydrogen-bond acceptors (Lipinski definition) is 2. The molecule has 0 bridgehead atoms. The standard InChI is InChI=1S/2C23H17F2OP/c2*24-20-7-3-9-22(14-20)27(26,23-10-4-8-21(25)15-23)16-17-11-12-18-5-1-2-6-19(18)13-17/h2*1-15H,16H2. The molecule has 54 heavy (non-hydrogen) atoms. The summed E-state index contributed by atoms with van der Waals surface area (Å²) in [6.45, 7) is 0. The Kier molecular flexibility index (Phi) is 10.8. The van der Waals surface area contributed by atoms with Gasteiger partial charge in [-0.05, 0) is 81.2 Å². The first-order valence-corrected chi connectivity index (χ1v) is 21.1. The van der Waals surface area contributed by atoms with Crippen molar-refractivity contribution in [1.29, 1.82) is 0 Å². The SMILES string of the molecule is O=P(Cc1ccc2ccccc2c1)(c1cccc(F)c1)c1cccc(F)c1.O=P(Cc1ccc2ccccc2c1)(c1cccc(F)c1)c1cccc(F)c1. The summed E-state index contributed by atoms with van der Waals surface area (Å²) in [5.41, 5.74) is 1.73. The zero-order chi connectivity index (χ0) is 37.7. The molecule has 0 atom stereocenters. The maximum atomic E-state index is 14.1. The van der Waals surface area contributed by atoms with E-state index in [-0.39, 0.29) is 12.3 Å². The molecule has 8 rings (SSSR count). The van der Waals surface area contributed by atoms with Crippen molar-refractivity contribution < 1.29 is 26.7 Å². The second-order valence-electron chi connectivity index (χ2n) is 13.1. The lowest BCUT2D eigenvalue weighted by Crippen LogP contribution is -2.18. The number of hydrogen-bond donors (Lipinski definition) is 0. The highest BCUT2D eigenvalue weighted by Crippen LogP contribution is 2.48. The first-order chi connectivity index (χ1) is 26.1. The lowest BCUT2D eigenvalue weighted by molar-refractivity contribution is 0.584. The van der Waals surface area contributed by atoms with Crippen LogP contribution in [0.2, 0.25) is 0 Å². The number of fused-ring (bicyclic) bond motifs is 2. The van der Waals surface area contributed by atoms with Crippen LogP contribution >= 0.6 is 14.3 Å². The maximum Gasteiger partial charge on any atom is 0.147 e. The minimum absolute atomic E-state index is 0.199. The fourth-order valence-electron chi connectivity index (χ4n) is 6.65. The second kappa shape index (κ2) is 15.8. The number of halogens is 4. The Bertz CT molecular complexity index is 2430. The van der Waals surface area contributed by atoms with Gasteiger partial charge in [0.2, 0.25) is 0 Å². The van der Waals surface area contributed by atoms with Crippen molar-refractivity contribution in [1.82, 2.24) is 0 Å². The molecule has 0 unspecified atom stereocenters. The molecule has 0 aromatic heterocycles. The van der Waals surface area contributed by atoms with E-state index in [0.29, 0.717) is 21.2 Å². The molecule has 0 N–H and O–H groups in total. The Morgan fingerprint density at radius 2 is 0.611 bits per heavy atom. The van der Waals surface area contributed by atoms with E-state index >= 15 is 0 Å². The highest BCUT2D eigenvalue weighted by Gasteiger charge is 2.30. The van der Waals surface area contributed by atoms with Gasteiger partial charge in [-0.3, -0.25) is 0 Å². The average Bonchev–Trinajstić information content (AvgIpc) is 3.18. The van der Waals surface area contributed by atoms with Crippen molar-refractivity contribution in [3.05, 3.63) is 216 Å². The van der Waals surface area contributed by atoms with Crippen molar-refractivity contribution >= 4 is 57.0 Å². The fourth-order valence-corrected chi connectivity index (χ4v) is 12.0. The van der Waals surface area contributed by atoms with Gasteiger partial charge in [0.15, 0.2) is 0 Å². The molecule has 0 spiro atoms. The van der Waals surface area contributed by atoms with E-state index in [1.54, 1.807) is 24.3 Å². The Morgan fingerprint density at radius 3 is 0.907 bits per heavy atom. The zero-order valence-electron chi connectivity index (χ0n) is 29.0. The van der Waals surface area contributed by atoms with Crippen LogP contribution in [-0.2, 0) is 21.5 Å². The van der Waals surface area contributed by atoms with E-state index in [1.165, 1.54) is 72.8 Å². The number of rotatable bonds is 8. The van der Waals surface area contributed by atoms with Crippen LogP contribution in [0.15, 0.2) is 182 Å². The lowest BCUT2D eigenvalue weighted by atomic mass is 10.1. The van der Waals surface area contributed by atoms with E-state index in [1.807, 2.05) is 84.9 Å². The summed E-state index contributed by atoms with van der Waals surface area (Å²) in [6.07, 6.45) is 0.398. The third kappa shape index (κ3) is 8.16. The Morgan fingerprint density at radius 1 is 0.315 bits per heavy atom. The van der Waals surface area contributed by atoms with Crippen LogP contribution in [0.4, 0.5) is 17.6 Å². The van der Waals surface area contributed by atoms with Gasteiger partial charge in [0.25, 0.3) is 0 Å². The quantitative estimate of drug-likeness (QED) is 0.114. The van der Waals surface area contributed by atoms with Crippen molar-refractivity contribution in [2.75, 3.05) is 0 Å². The maximum absolute atomic E-state index is 14.1. The molecule has 2 nitrogen and oxygen atoms in total. The molecule has 0 aliphatic carbocycles. The van der Waals surface area contributed by atoms with Gasteiger partial charge >= 0.3 is 0 Å². The summed E-state index contributed by atoms with van der Waals surface area (Å²) in [6, 6.07) is 50.8. The fraction of sp³-hybridized carbons (Fsp3) is 0.0435. The Balaban J connectivity index is 0.000000167. The predicted octanol–water partition coefficient (Wildman–Crippen LogP) is 11.3. The average molecular weight is 757 g/mol.